The number of rotatable bonds is 3. The van der Waals surface area contributed by atoms with Gasteiger partial charge in [-0.25, -0.2) is 5.43 Å². The normalized spacial score (nSPS) is 44.5. The van der Waals surface area contributed by atoms with E-state index in [4.69, 9.17) is 0 Å². The van der Waals surface area contributed by atoms with E-state index in [0.717, 1.165) is 37.3 Å². The molecular weight excluding hydrogens is 310 g/mol. The number of amides is 1. The molecule has 140 valence electrons. The Bertz CT molecular complexity index is 503. The number of nitrogens with zero attached hydrogens (tertiary/aromatic N) is 2. The van der Waals surface area contributed by atoms with Crippen molar-refractivity contribution < 1.29 is 4.79 Å². The number of likely N-dealkylation sites (tertiary alicyclic amines) is 1. The minimum Gasteiger partial charge on any atom is -0.302 e. The average Bonchev–Trinajstić information content (AvgIpc) is 2.99. The van der Waals surface area contributed by atoms with Gasteiger partial charge < -0.3 is 4.90 Å². The number of hydrazine groups is 1. The second kappa shape index (κ2) is 6.84. The smallest absolute Gasteiger partial charge is 0.240 e. The zero-order valence-corrected chi connectivity index (χ0v) is 15.7. The highest BCUT2D eigenvalue weighted by atomic mass is 16.2. The molecule has 2 saturated heterocycles. The van der Waals surface area contributed by atoms with E-state index in [1.54, 1.807) is 0 Å². The van der Waals surface area contributed by atoms with E-state index >= 15 is 0 Å². The molecule has 5 rings (SSSR count). The summed E-state index contributed by atoms with van der Waals surface area (Å²) in [6, 6.07) is 0.597. The van der Waals surface area contributed by atoms with Crippen molar-refractivity contribution in [3.63, 3.8) is 0 Å². The van der Waals surface area contributed by atoms with Gasteiger partial charge in [-0.3, -0.25) is 9.80 Å². The largest absolute Gasteiger partial charge is 0.302 e. The number of fused-ring (bicyclic) bond motifs is 3. The molecule has 3 aliphatic carbocycles. The molecule has 1 N–H and O–H groups in total. The fourth-order valence-electron chi connectivity index (χ4n) is 7.24. The van der Waals surface area contributed by atoms with E-state index in [0.29, 0.717) is 23.8 Å². The van der Waals surface area contributed by atoms with Crippen LogP contribution < -0.4 is 5.43 Å². The van der Waals surface area contributed by atoms with E-state index in [1.165, 1.54) is 70.9 Å². The van der Waals surface area contributed by atoms with Gasteiger partial charge >= 0.3 is 0 Å². The Morgan fingerprint density at radius 1 is 0.800 bits per heavy atom. The summed E-state index contributed by atoms with van der Waals surface area (Å²) >= 11 is 0. The summed E-state index contributed by atoms with van der Waals surface area (Å²) in [4.78, 5) is 15.8. The van der Waals surface area contributed by atoms with Gasteiger partial charge in [0.15, 0.2) is 0 Å². The second-order valence-corrected chi connectivity index (χ2v) is 9.44. The van der Waals surface area contributed by atoms with Crippen molar-refractivity contribution in [1.82, 2.24) is 15.3 Å². The maximum absolute atomic E-state index is 13.2. The molecule has 5 aliphatic rings. The quantitative estimate of drug-likeness (QED) is 0.854. The predicted molar refractivity (Wildman–Crippen MR) is 98.7 cm³/mol. The van der Waals surface area contributed by atoms with Gasteiger partial charge in [0, 0.05) is 18.5 Å². The molecule has 6 unspecified atom stereocenters. The molecule has 4 heteroatoms. The van der Waals surface area contributed by atoms with E-state index in [2.05, 4.69) is 15.3 Å². The highest BCUT2D eigenvalue weighted by Gasteiger charge is 2.58. The summed E-state index contributed by atoms with van der Waals surface area (Å²) in [5, 5.41) is 2.07. The third kappa shape index (κ3) is 2.84. The summed E-state index contributed by atoms with van der Waals surface area (Å²) in [6.45, 7) is 4.40. The standard InChI is InChI=1S/C21H35N3O/c25-21-18-10-6-9-16-15-7-2-3-8-17(15)20(19(16)18)22-24(21)14-13-23-11-4-1-5-12-23/h15-20,22H,1-14H2. The molecular formula is C21H35N3O. The molecule has 4 nitrogen and oxygen atoms in total. The zero-order chi connectivity index (χ0) is 16.8. The maximum Gasteiger partial charge on any atom is 0.240 e. The topological polar surface area (TPSA) is 35.6 Å². The zero-order valence-electron chi connectivity index (χ0n) is 15.7. The third-order valence-electron chi connectivity index (χ3n) is 8.29. The van der Waals surface area contributed by atoms with Crippen molar-refractivity contribution in [2.45, 2.75) is 70.3 Å². The Kier molecular flexibility index (Phi) is 4.53. The monoisotopic (exact) mass is 345 g/mol. The first-order valence-corrected chi connectivity index (χ1v) is 11.1. The molecule has 6 atom stereocenters. The number of hydrogen-bond acceptors (Lipinski definition) is 3. The van der Waals surface area contributed by atoms with Crippen molar-refractivity contribution in [2.75, 3.05) is 26.2 Å². The van der Waals surface area contributed by atoms with Crippen molar-refractivity contribution >= 4 is 5.91 Å². The van der Waals surface area contributed by atoms with Gasteiger partial charge in [0.25, 0.3) is 0 Å². The van der Waals surface area contributed by atoms with Crippen molar-refractivity contribution in [3.8, 4) is 0 Å². The Morgan fingerprint density at radius 3 is 2.40 bits per heavy atom. The molecule has 0 spiro atoms. The number of nitrogens with one attached hydrogen (secondary N) is 1. The summed E-state index contributed by atoms with van der Waals surface area (Å²) < 4.78 is 0. The minimum atomic E-state index is 0.331. The van der Waals surface area contributed by atoms with Crippen LogP contribution in [0, 0.1) is 29.6 Å². The van der Waals surface area contributed by atoms with Crippen LogP contribution in [-0.4, -0.2) is 48.0 Å². The number of piperidine rings is 1. The summed E-state index contributed by atoms with van der Waals surface area (Å²) in [6.07, 6.45) is 13.5. The third-order valence-corrected chi connectivity index (χ3v) is 8.29. The summed E-state index contributed by atoms with van der Waals surface area (Å²) in [5.74, 6) is 4.01. The van der Waals surface area contributed by atoms with Crippen LogP contribution in [0.5, 0.6) is 0 Å². The van der Waals surface area contributed by atoms with E-state index in [1.807, 2.05) is 0 Å². The Hall–Kier alpha value is -0.610. The van der Waals surface area contributed by atoms with Crippen LogP contribution >= 0.6 is 0 Å². The number of carbonyl (C=O) groups is 1. The molecule has 25 heavy (non-hydrogen) atoms. The SMILES string of the molecule is O=C1C2CCCC3C4CCCCC4C(NN1CCN1CCCCC1)C23. The molecule has 0 radical (unpaired) electrons. The van der Waals surface area contributed by atoms with Crippen LogP contribution in [-0.2, 0) is 4.79 Å². The van der Waals surface area contributed by atoms with Gasteiger partial charge in [-0.1, -0.05) is 25.7 Å². The number of carbonyl (C=O) groups excluding carboxylic acids is 1. The summed E-state index contributed by atoms with van der Waals surface area (Å²) in [7, 11) is 0. The summed E-state index contributed by atoms with van der Waals surface area (Å²) in [5.41, 5.74) is 3.79. The molecule has 1 amide bonds. The van der Waals surface area contributed by atoms with Gasteiger partial charge in [0.2, 0.25) is 5.91 Å². The Balaban J connectivity index is 1.31. The van der Waals surface area contributed by atoms with Gasteiger partial charge in [-0.2, -0.15) is 0 Å². The predicted octanol–water partition coefficient (Wildman–Crippen LogP) is 3.04. The molecule has 0 aromatic heterocycles. The molecule has 0 aromatic carbocycles. The fourth-order valence-corrected chi connectivity index (χ4v) is 7.24. The van der Waals surface area contributed by atoms with Crippen LogP contribution in [0.25, 0.3) is 0 Å². The van der Waals surface area contributed by atoms with Gasteiger partial charge in [0.05, 0.1) is 6.54 Å². The fraction of sp³-hybridized carbons (Fsp3) is 0.952. The van der Waals surface area contributed by atoms with E-state index in [9.17, 15) is 4.79 Å². The van der Waals surface area contributed by atoms with Crippen LogP contribution in [0.3, 0.4) is 0 Å². The van der Waals surface area contributed by atoms with Crippen LogP contribution in [0.2, 0.25) is 0 Å². The average molecular weight is 346 g/mol. The molecule has 0 bridgehead atoms. The number of hydrogen-bond donors (Lipinski definition) is 1. The van der Waals surface area contributed by atoms with E-state index < -0.39 is 0 Å². The molecule has 2 heterocycles. The molecule has 3 saturated carbocycles. The van der Waals surface area contributed by atoms with Gasteiger partial charge in [0.1, 0.15) is 0 Å². The Labute approximate surface area is 152 Å². The highest BCUT2D eigenvalue weighted by Crippen LogP contribution is 2.57. The molecule has 0 aromatic rings. The van der Waals surface area contributed by atoms with Gasteiger partial charge in [-0.05, 0) is 75.3 Å². The first kappa shape index (κ1) is 16.6. The lowest BCUT2D eigenvalue weighted by Crippen LogP contribution is -2.63. The van der Waals surface area contributed by atoms with Crippen LogP contribution in [0.15, 0.2) is 0 Å². The lowest BCUT2D eigenvalue weighted by Gasteiger charge is -2.46. The minimum absolute atomic E-state index is 0.331. The highest BCUT2D eigenvalue weighted by molar-refractivity contribution is 5.80. The lowest BCUT2D eigenvalue weighted by molar-refractivity contribution is -0.152. The maximum atomic E-state index is 13.2. The first-order valence-electron chi connectivity index (χ1n) is 11.1. The second-order valence-electron chi connectivity index (χ2n) is 9.44. The molecule has 2 aliphatic heterocycles. The Morgan fingerprint density at radius 2 is 1.56 bits per heavy atom. The van der Waals surface area contributed by atoms with Crippen molar-refractivity contribution in [1.29, 1.82) is 0 Å². The van der Waals surface area contributed by atoms with E-state index in [-0.39, 0.29) is 0 Å². The van der Waals surface area contributed by atoms with Gasteiger partial charge in [-0.15, -0.1) is 0 Å². The molecule has 5 fully saturated rings. The lowest BCUT2D eigenvalue weighted by atomic mass is 9.68. The van der Waals surface area contributed by atoms with Crippen LogP contribution in [0.4, 0.5) is 0 Å². The van der Waals surface area contributed by atoms with Crippen LogP contribution in [0.1, 0.15) is 64.2 Å². The first-order chi connectivity index (χ1) is 12.3. The van der Waals surface area contributed by atoms with Crippen molar-refractivity contribution in [2.24, 2.45) is 29.6 Å². The van der Waals surface area contributed by atoms with Crippen molar-refractivity contribution in [3.05, 3.63) is 0 Å².